The molecule has 1 aliphatic carbocycles. The van der Waals surface area contributed by atoms with Crippen LogP contribution in [0.15, 0.2) is 60.2 Å². The Labute approximate surface area is 146 Å². The molecule has 0 saturated heterocycles. The Morgan fingerprint density at radius 3 is 2.12 bits per heavy atom. The van der Waals surface area contributed by atoms with Crippen LogP contribution in [0.1, 0.15) is 55.2 Å². The average molecular weight is 320 g/mol. The number of aryl methyl sites for hydroxylation is 1. The third kappa shape index (κ3) is 5.26. The van der Waals surface area contributed by atoms with Gasteiger partial charge in [-0.25, -0.2) is 0 Å². The molecule has 0 aromatic heterocycles. The third-order valence-electron chi connectivity index (χ3n) is 4.77. The van der Waals surface area contributed by atoms with Gasteiger partial charge >= 0.3 is 0 Å². The quantitative estimate of drug-likeness (QED) is 0.452. The number of hydrogen-bond acceptors (Lipinski definition) is 1. The van der Waals surface area contributed by atoms with Crippen molar-refractivity contribution in [2.45, 2.75) is 51.9 Å². The van der Waals surface area contributed by atoms with Gasteiger partial charge in [0.25, 0.3) is 0 Å². The van der Waals surface area contributed by atoms with Gasteiger partial charge in [-0.3, -0.25) is 0 Å². The largest absolute Gasteiger partial charge is 0.493 e. The summed E-state index contributed by atoms with van der Waals surface area (Å²) in [5, 5.41) is 0. The molecule has 0 atom stereocenters. The molecule has 2 aromatic rings. The van der Waals surface area contributed by atoms with Crippen molar-refractivity contribution in [3.63, 3.8) is 0 Å². The summed E-state index contributed by atoms with van der Waals surface area (Å²) < 4.78 is 5.87. The van der Waals surface area contributed by atoms with Crippen molar-refractivity contribution in [1.82, 2.24) is 0 Å². The Morgan fingerprint density at radius 1 is 0.833 bits per heavy atom. The Kier molecular flexibility index (Phi) is 6.12. The van der Waals surface area contributed by atoms with Crippen molar-refractivity contribution < 1.29 is 4.74 Å². The van der Waals surface area contributed by atoms with Crippen molar-refractivity contribution >= 4 is 0 Å². The monoisotopic (exact) mass is 320 g/mol. The van der Waals surface area contributed by atoms with Crippen molar-refractivity contribution in [2.24, 2.45) is 0 Å². The van der Waals surface area contributed by atoms with Crippen molar-refractivity contribution in [1.29, 1.82) is 0 Å². The lowest BCUT2D eigenvalue weighted by Crippen LogP contribution is -1.98. The number of hydrogen-bond donors (Lipinski definition) is 0. The summed E-state index contributed by atoms with van der Waals surface area (Å²) in [7, 11) is 0. The van der Waals surface area contributed by atoms with Crippen LogP contribution < -0.4 is 4.74 Å². The Hall–Kier alpha value is -2.02. The van der Waals surface area contributed by atoms with Gasteiger partial charge < -0.3 is 4.74 Å². The first-order chi connectivity index (χ1) is 11.8. The summed E-state index contributed by atoms with van der Waals surface area (Å²) in [6, 6.07) is 17.3. The number of allylic oxidation sites excluding steroid dienone is 1. The van der Waals surface area contributed by atoms with Gasteiger partial charge in [-0.15, -0.1) is 0 Å². The lowest BCUT2D eigenvalue weighted by molar-refractivity contribution is 0.324. The maximum atomic E-state index is 5.87. The van der Waals surface area contributed by atoms with Gasteiger partial charge in [0.1, 0.15) is 5.75 Å². The summed E-state index contributed by atoms with van der Waals surface area (Å²) in [6.45, 7) is 2.90. The molecule has 0 aliphatic heterocycles. The van der Waals surface area contributed by atoms with E-state index in [0.29, 0.717) is 0 Å². The SMILES string of the molecule is Cc1ccc(Cc2ccc(OCCC=C3CCCCC3)cc2)cc1. The highest BCUT2D eigenvalue weighted by molar-refractivity contribution is 5.32. The molecule has 0 amide bonds. The molecule has 1 heteroatoms. The fraction of sp³-hybridized carbons (Fsp3) is 0.391. The van der Waals surface area contributed by atoms with E-state index in [2.05, 4.69) is 61.5 Å². The molecule has 0 N–H and O–H groups in total. The molecule has 1 nitrogen and oxygen atoms in total. The molecule has 1 fully saturated rings. The third-order valence-corrected chi connectivity index (χ3v) is 4.77. The molecule has 24 heavy (non-hydrogen) atoms. The molecular formula is C23H28O. The minimum absolute atomic E-state index is 0.779. The first-order valence-corrected chi connectivity index (χ1v) is 9.25. The van der Waals surface area contributed by atoms with Gasteiger partial charge in [0, 0.05) is 0 Å². The lowest BCUT2D eigenvalue weighted by Gasteiger charge is -2.13. The van der Waals surface area contributed by atoms with Gasteiger partial charge in [-0.05, 0) is 68.7 Å². The van der Waals surface area contributed by atoms with E-state index in [1.54, 1.807) is 5.57 Å². The van der Waals surface area contributed by atoms with Crippen LogP contribution >= 0.6 is 0 Å². The fourth-order valence-corrected chi connectivity index (χ4v) is 3.30. The highest BCUT2D eigenvalue weighted by Crippen LogP contribution is 2.23. The van der Waals surface area contributed by atoms with E-state index in [4.69, 9.17) is 4.74 Å². The predicted octanol–water partition coefficient (Wildman–Crippen LogP) is 6.25. The molecule has 1 aliphatic rings. The van der Waals surface area contributed by atoms with E-state index in [0.717, 1.165) is 25.2 Å². The van der Waals surface area contributed by atoms with E-state index in [9.17, 15) is 0 Å². The molecule has 2 aromatic carbocycles. The van der Waals surface area contributed by atoms with Crippen LogP contribution in [0.2, 0.25) is 0 Å². The van der Waals surface area contributed by atoms with E-state index in [-0.39, 0.29) is 0 Å². The molecule has 0 unspecified atom stereocenters. The zero-order valence-corrected chi connectivity index (χ0v) is 14.8. The Balaban J connectivity index is 1.45. The van der Waals surface area contributed by atoms with Gasteiger partial charge in [0.2, 0.25) is 0 Å². The molecule has 0 bridgehead atoms. The first-order valence-electron chi connectivity index (χ1n) is 9.25. The smallest absolute Gasteiger partial charge is 0.119 e. The maximum absolute atomic E-state index is 5.87. The van der Waals surface area contributed by atoms with Crippen LogP contribution in [-0.2, 0) is 6.42 Å². The van der Waals surface area contributed by atoms with Crippen LogP contribution in [0.3, 0.4) is 0 Å². The van der Waals surface area contributed by atoms with E-state index in [1.165, 1.54) is 48.8 Å². The normalized spacial score (nSPS) is 14.5. The van der Waals surface area contributed by atoms with E-state index < -0.39 is 0 Å². The first kappa shape index (κ1) is 16.8. The fourth-order valence-electron chi connectivity index (χ4n) is 3.30. The molecule has 0 spiro atoms. The summed E-state index contributed by atoms with van der Waals surface area (Å²) >= 11 is 0. The zero-order chi connectivity index (χ0) is 16.6. The minimum atomic E-state index is 0.779. The van der Waals surface area contributed by atoms with Crippen molar-refractivity contribution in [3.8, 4) is 5.75 Å². The van der Waals surface area contributed by atoms with Gasteiger partial charge in [-0.2, -0.15) is 0 Å². The van der Waals surface area contributed by atoms with Gasteiger partial charge in [0.15, 0.2) is 0 Å². The lowest BCUT2D eigenvalue weighted by atomic mass is 9.94. The van der Waals surface area contributed by atoms with Crippen LogP contribution in [-0.4, -0.2) is 6.61 Å². The van der Waals surface area contributed by atoms with Crippen LogP contribution in [0.4, 0.5) is 0 Å². The Bertz CT molecular complexity index is 641. The van der Waals surface area contributed by atoms with Gasteiger partial charge in [0.05, 0.1) is 6.61 Å². The molecule has 126 valence electrons. The second-order valence-electron chi connectivity index (χ2n) is 6.87. The van der Waals surface area contributed by atoms with E-state index >= 15 is 0 Å². The summed E-state index contributed by atoms with van der Waals surface area (Å²) in [5.41, 5.74) is 5.63. The average Bonchev–Trinajstić information content (AvgIpc) is 2.63. The highest BCUT2D eigenvalue weighted by Gasteiger charge is 2.04. The number of rotatable bonds is 6. The van der Waals surface area contributed by atoms with Crippen molar-refractivity contribution in [2.75, 3.05) is 6.61 Å². The van der Waals surface area contributed by atoms with Gasteiger partial charge in [-0.1, -0.05) is 60.0 Å². The highest BCUT2D eigenvalue weighted by atomic mass is 16.5. The van der Waals surface area contributed by atoms with Crippen LogP contribution in [0.25, 0.3) is 0 Å². The van der Waals surface area contributed by atoms with Crippen molar-refractivity contribution in [3.05, 3.63) is 76.9 Å². The molecule has 3 rings (SSSR count). The molecular weight excluding hydrogens is 292 g/mol. The maximum Gasteiger partial charge on any atom is 0.119 e. The molecule has 1 saturated carbocycles. The second-order valence-corrected chi connectivity index (χ2v) is 6.87. The zero-order valence-electron chi connectivity index (χ0n) is 14.8. The van der Waals surface area contributed by atoms with E-state index in [1.807, 2.05) is 0 Å². The molecule has 0 heterocycles. The van der Waals surface area contributed by atoms with Crippen LogP contribution in [0, 0.1) is 6.92 Å². The molecule has 0 radical (unpaired) electrons. The Morgan fingerprint density at radius 2 is 1.46 bits per heavy atom. The number of benzene rings is 2. The summed E-state index contributed by atoms with van der Waals surface area (Å²) in [6.07, 6.45) is 11.1. The standard InChI is InChI=1S/C23H28O/c1-19-9-11-21(12-10-19)18-22-13-15-23(16-14-22)24-17-5-8-20-6-3-2-4-7-20/h8-16H,2-7,17-18H2,1H3. The predicted molar refractivity (Wildman–Crippen MR) is 102 cm³/mol. The minimum Gasteiger partial charge on any atom is -0.493 e. The van der Waals surface area contributed by atoms with Crippen LogP contribution in [0.5, 0.6) is 5.75 Å². The second kappa shape index (κ2) is 8.73. The summed E-state index contributed by atoms with van der Waals surface area (Å²) in [4.78, 5) is 0. The number of ether oxygens (including phenoxy) is 1. The summed E-state index contributed by atoms with van der Waals surface area (Å²) in [5.74, 6) is 0.977. The topological polar surface area (TPSA) is 9.23 Å².